The number of rotatable bonds is 3. The second-order valence-electron chi connectivity index (χ2n) is 5.08. The molecule has 0 fully saturated rings. The van der Waals surface area contributed by atoms with E-state index in [2.05, 4.69) is 10.1 Å². The molecule has 0 N–H and O–H groups in total. The number of aryl methyl sites for hydroxylation is 3. The van der Waals surface area contributed by atoms with Gasteiger partial charge >= 0.3 is 0 Å². The smallest absolute Gasteiger partial charge is 0.257 e. The van der Waals surface area contributed by atoms with Crippen molar-refractivity contribution in [3.05, 3.63) is 45.0 Å². The fourth-order valence-electron chi connectivity index (χ4n) is 2.69. The molecule has 0 saturated heterocycles. The Morgan fingerprint density at radius 2 is 2.20 bits per heavy atom. The van der Waals surface area contributed by atoms with Gasteiger partial charge in [0.15, 0.2) is 5.78 Å². The van der Waals surface area contributed by atoms with Crippen molar-refractivity contribution >= 4 is 5.78 Å². The van der Waals surface area contributed by atoms with Crippen molar-refractivity contribution in [3.8, 4) is 0 Å². The molecule has 0 spiro atoms. The maximum absolute atomic E-state index is 12.3. The van der Waals surface area contributed by atoms with Gasteiger partial charge < -0.3 is 4.52 Å². The summed E-state index contributed by atoms with van der Waals surface area (Å²) in [6, 6.07) is 0. The van der Waals surface area contributed by atoms with E-state index in [1.165, 1.54) is 10.9 Å². The highest BCUT2D eigenvalue weighted by atomic mass is 16.5. The summed E-state index contributed by atoms with van der Waals surface area (Å²) in [5, 5.41) is 3.76. The van der Waals surface area contributed by atoms with Gasteiger partial charge in [0.1, 0.15) is 5.76 Å². The Bertz CT molecular complexity index is 723. The Hall–Kier alpha value is -2.24. The van der Waals surface area contributed by atoms with E-state index >= 15 is 0 Å². The van der Waals surface area contributed by atoms with E-state index in [-0.39, 0.29) is 17.9 Å². The summed E-state index contributed by atoms with van der Waals surface area (Å²) in [6.45, 7) is 3.38. The quantitative estimate of drug-likeness (QED) is 0.786. The van der Waals surface area contributed by atoms with Crippen molar-refractivity contribution < 1.29 is 9.32 Å². The molecule has 20 heavy (non-hydrogen) atoms. The van der Waals surface area contributed by atoms with E-state index < -0.39 is 0 Å². The molecule has 2 heterocycles. The number of carbonyl (C=O) groups excluding carboxylic acids is 1. The van der Waals surface area contributed by atoms with Crippen LogP contribution in [0.2, 0.25) is 0 Å². The van der Waals surface area contributed by atoms with E-state index in [0.717, 1.165) is 30.5 Å². The van der Waals surface area contributed by atoms with Crippen LogP contribution in [0.3, 0.4) is 0 Å². The van der Waals surface area contributed by atoms with Crippen molar-refractivity contribution in [1.82, 2.24) is 14.7 Å². The van der Waals surface area contributed by atoms with Gasteiger partial charge in [0.25, 0.3) is 5.56 Å². The monoisotopic (exact) mass is 273 g/mol. The first kappa shape index (κ1) is 12.8. The van der Waals surface area contributed by atoms with Crippen LogP contribution in [-0.4, -0.2) is 20.5 Å². The normalized spacial score (nSPS) is 13.5. The lowest BCUT2D eigenvalue weighted by Gasteiger charge is -2.06. The second-order valence-corrected chi connectivity index (χ2v) is 5.08. The molecule has 0 aliphatic heterocycles. The number of aromatic nitrogens is 3. The summed E-state index contributed by atoms with van der Waals surface area (Å²) in [4.78, 5) is 28.8. The lowest BCUT2D eigenvalue weighted by atomic mass is 10.1. The maximum atomic E-state index is 12.3. The zero-order valence-electron chi connectivity index (χ0n) is 11.5. The summed E-state index contributed by atoms with van der Waals surface area (Å²) >= 11 is 0. The zero-order chi connectivity index (χ0) is 14.3. The van der Waals surface area contributed by atoms with Crippen LogP contribution >= 0.6 is 0 Å². The van der Waals surface area contributed by atoms with Crippen molar-refractivity contribution in [2.75, 3.05) is 0 Å². The Kier molecular flexibility index (Phi) is 3.00. The van der Waals surface area contributed by atoms with Gasteiger partial charge in [-0.05, 0) is 33.1 Å². The molecule has 6 nitrogen and oxygen atoms in total. The van der Waals surface area contributed by atoms with Crippen molar-refractivity contribution in [1.29, 1.82) is 0 Å². The summed E-state index contributed by atoms with van der Waals surface area (Å²) in [7, 11) is 0. The first-order valence-corrected chi connectivity index (χ1v) is 6.61. The molecular weight excluding hydrogens is 258 g/mol. The standard InChI is InChI=1S/C14H15N3O3/c1-8-13(9(2)20-16-8)12(18)6-17-7-15-11-5-3-4-10(11)14(17)19/h7H,3-6H2,1-2H3. The average molecular weight is 273 g/mol. The molecule has 0 atom stereocenters. The molecule has 6 heteroatoms. The van der Waals surface area contributed by atoms with Gasteiger partial charge in [-0.3, -0.25) is 14.2 Å². The SMILES string of the molecule is Cc1noc(C)c1C(=O)Cn1cnc2c(c1=O)CCC2. The Balaban J connectivity index is 1.93. The van der Waals surface area contributed by atoms with Crippen molar-refractivity contribution in [3.63, 3.8) is 0 Å². The molecule has 2 aromatic heterocycles. The van der Waals surface area contributed by atoms with Gasteiger partial charge in [-0.1, -0.05) is 5.16 Å². The predicted octanol–water partition coefficient (Wildman–Crippen LogP) is 1.22. The second kappa shape index (κ2) is 4.70. The predicted molar refractivity (Wildman–Crippen MR) is 70.8 cm³/mol. The van der Waals surface area contributed by atoms with E-state index in [9.17, 15) is 9.59 Å². The highest BCUT2D eigenvalue weighted by Gasteiger charge is 2.21. The first-order valence-electron chi connectivity index (χ1n) is 6.61. The van der Waals surface area contributed by atoms with Gasteiger partial charge in [0.05, 0.1) is 29.8 Å². The van der Waals surface area contributed by atoms with Crippen LogP contribution in [0.25, 0.3) is 0 Å². The molecule has 1 aliphatic rings. The molecule has 0 bridgehead atoms. The summed E-state index contributed by atoms with van der Waals surface area (Å²) in [5.74, 6) is 0.303. The van der Waals surface area contributed by atoms with Crippen LogP contribution in [0.15, 0.2) is 15.6 Å². The number of carbonyl (C=O) groups is 1. The third-order valence-electron chi connectivity index (χ3n) is 3.69. The van der Waals surface area contributed by atoms with E-state index in [1.807, 2.05) is 0 Å². The Labute approximate surface area is 115 Å². The van der Waals surface area contributed by atoms with Crippen LogP contribution in [0.5, 0.6) is 0 Å². The van der Waals surface area contributed by atoms with E-state index in [1.54, 1.807) is 13.8 Å². The molecule has 0 saturated carbocycles. The summed E-state index contributed by atoms with van der Waals surface area (Å²) < 4.78 is 6.36. The highest BCUT2D eigenvalue weighted by Crippen LogP contribution is 2.16. The van der Waals surface area contributed by atoms with Crippen molar-refractivity contribution in [2.24, 2.45) is 0 Å². The van der Waals surface area contributed by atoms with Crippen LogP contribution in [0.4, 0.5) is 0 Å². The topological polar surface area (TPSA) is 78.0 Å². The molecular formula is C14H15N3O3. The Morgan fingerprint density at radius 1 is 1.40 bits per heavy atom. The minimum atomic E-state index is -0.178. The first-order chi connectivity index (χ1) is 9.58. The minimum Gasteiger partial charge on any atom is -0.361 e. The molecule has 2 aromatic rings. The zero-order valence-corrected chi connectivity index (χ0v) is 11.5. The van der Waals surface area contributed by atoms with Gasteiger partial charge in [-0.2, -0.15) is 0 Å². The Morgan fingerprint density at radius 3 is 2.90 bits per heavy atom. The number of hydrogen-bond acceptors (Lipinski definition) is 5. The number of ketones is 1. The van der Waals surface area contributed by atoms with Crippen molar-refractivity contribution in [2.45, 2.75) is 39.7 Å². The van der Waals surface area contributed by atoms with Crippen LogP contribution in [0.1, 0.15) is 39.5 Å². The molecule has 0 unspecified atom stereocenters. The highest BCUT2D eigenvalue weighted by molar-refractivity contribution is 5.97. The average Bonchev–Trinajstić information content (AvgIpc) is 3.00. The fourth-order valence-corrected chi connectivity index (χ4v) is 2.69. The summed E-state index contributed by atoms with van der Waals surface area (Å²) in [6.07, 6.45) is 4.02. The number of fused-ring (bicyclic) bond motifs is 1. The molecule has 3 rings (SSSR count). The lowest BCUT2D eigenvalue weighted by Crippen LogP contribution is -2.27. The molecule has 0 amide bonds. The maximum Gasteiger partial charge on any atom is 0.257 e. The fraction of sp³-hybridized carbons (Fsp3) is 0.429. The molecule has 0 radical (unpaired) electrons. The van der Waals surface area contributed by atoms with Gasteiger partial charge in [-0.25, -0.2) is 4.98 Å². The number of Topliss-reactive ketones (excluding diaryl/α,β-unsaturated/α-hetero) is 1. The van der Waals surface area contributed by atoms with Gasteiger partial charge in [-0.15, -0.1) is 0 Å². The number of nitrogens with zero attached hydrogens (tertiary/aromatic N) is 3. The third-order valence-corrected chi connectivity index (χ3v) is 3.69. The lowest BCUT2D eigenvalue weighted by molar-refractivity contribution is 0.0968. The van der Waals surface area contributed by atoms with Crippen LogP contribution in [0, 0.1) is 13.8 Å². The molecule has 104 valence electrons. The summed E-state index contributed by atoms with van der Waals surface area (Å²) in [5.41, 5.74) is 2.52. The van der Waals surface area contributed by atoms with Crippen LogP contribution in [-0.2, 0) is 19.4 Å². The molecule has 0 aromatic carbocycles. The van der Waals surface area contributed by atoms with E-state index in [4.69, 9.17) is 4.52 Å². The van der Waals surface area contributed by atoms with Gasteiger partial charge in [0.2, 0.25) is 0 Å². The molecule has 1 aliphatic carbocycles. The van der Waals surface area contributed by atoms with Crippen LogP contribution < -0.4 is 5.56 Å². The largest absolute Gasteiger partial charge is 0.361 e. The minimum absolute atomic E-state index is 0.0258. The third kappa shape index (κ3) is 1.97. The number of hydrogen-bond donors (Lipinski definition) is 0. The van der Waals surface area contributed by atoms with Gasteiger partial charge in [0, 0.05) is 5.56 Å². The van der Waals surface area contributed by atoms with E-state index in [0.29, 0.717) is 17.0 Å².